The molecule has 11 nitrogen and oxygen atoms in total. The van der Waals surface area contributed by atoms with E-state index in [9.17, 15) is 41.9 Å². The van der Waals surface area contributed by atoms with Crippen molar-refractivity contribution < 1.29 is 41.9 Å². The SMILES string of the molecule is CC(NC(=O)[C@H](CCc1ccccc1)NC(=O)Cc1ccccc1)C(=O)C(=O)N[C@@H](Cc1ccc(C(F)(F)F)cc1)C(=O)N[C@@H](Cc1ccc(-c2ccccc2)cc1)C(N)=O. The summed E-state index contributed by atoms with van der Waals surface area (Å²) in [6, 6.07) is 33.4. The first-order valence-electron chi connectivity index (χ1n) is 19.6. The van der Waals surface area contributed by atoms with E-state index in [0.29, 0.717) is 12.0 Å². The van der Waals surface area contributed by atoms with Crippen LogP contribution in [0.3, 0.4) is 0 Å². The molecule has 0 aliphatic rings. The van der Waals surface area contributed by atoms with Crippen LogP contribution in [-0.4, -0.2) is 59.5 Å². The summed E-state index contributed by atoms with van der Waals surface area (Å²) in [7, 11) is 0. The number of hydrogen-bond donors (Lipinski definition) is 5. The van der Waals surface area contributed by atoms with Gasteiger partial charge in [-0.2, -0.15) is 13.2 Å². The Morgan fingerprint density at radius 2 is 1.03 bits per heavy atom. The maximum atomic E-state index is 13.8. The Morgan fingerprint density at radius 3 is 1.59 bits per heavy atom. The highest BCUT2D eigenvalue weighted by atomic mass is 19.4. The van der Waals surface area contributed by atoms with E-state index in [4.69, 9.17) is 5.73 Å². The van der Waals surface area contributed by atoms with Crippen molar-refractivity contribution in [3.63, 3.8) is 0 Å². The molecule has 0 spiro atoms. The van der Waals surface area contributed by atoms with Crippen LogP contribution >= 0.6 is 0 Å². The largest absolute Gasteiger partial charge is 0.416 e. The van der Waals surface area contributed by atoms with Gasteiger partial charge >= 0.3 is 6.18 Å². The third kappa shape index (κ3) is 13.7. The average molecular weight is 834 g/mol. The number of carbonyl (C=O) groups excluding carboxylic acids is 6. The van der Waals surface area contributed by atoms with E-state index in [-0.39, 0.29) is 31.2 Å². The number of ketones is 1. The first kappa shape index (κ1) is 45.0. The Labute approximate surface area is 351 Å². The minimum atomic E-state index is -4.63. The number of aryl methyl sites for hydroxylation is 1. The van der Waals surface area contributed by atoms with Crippen molar-refractivity contribution in [3.8, 4) is 11.1 Å². The van der Waals surface area contributed by atoms with Crippen molar-refractivity contribution >= 4 is 35.3 Å². The number of nitrogens with one attached hydrogen (secondary N) is 4. The molecular weight excluding hydrogens is 788 g/mol. The number of carbonyl (C=O) groups is 6. The molecule has 4 atom stereocenters. The van der Waals surface area contributed by atoms with Crippen LogP contribution in [0.1, 0.15) is 41.2 Å². The fourth-order valence-corrected chi connectivity index (χ4v) is 6.53. The summed E-state index contributed by atoms with van der Waals surface area (Å²) >= 11 is 0. The molecule has 316 valence electrons. The third-order valence-corrected chi connectivity index (χ3v) is 9.90. The Balaban J connectivity index is 1.29. The summed E-state index contributed by atoms with van der Waals surface area (Å²) in [5, 5.41) is 10.1. The summed E-state index contributed by atoms with van der Waals surface area (Å²) in [4.78, 5) is 79.9. The van der Waals surface area contributed by atoms with Crippen LogP contribution in [0, 0.1) is 0 Å². The van der Waals surface area contributed by atoms with Crippen molar-refractivity contribution in [1.82, 2.24) is 21.3 Å². The van der Waals surface area contributed by atoms with Crippen LogP contribution in [-0.2, 0) is 60.6 Å². The molecule has 1 unspecified atom stereocenters. The highest BCUT2D eigenvalue weighted by Gasteiger charge is 2.33. The van der Waals surface area contributed by atoms with Gasteiger partial charge in [-0.25, -0.2) is 0 Å². The molecule has 0 radical (unpaired) electrons. The molecule has 0 aromatic heterocycles. The maximum absolute atomic E-state index is 13.8. The second-order valence-corrected chi connectivity index (χ2v) is 14.6. The van der Waals surface area contributed by atoms with Crippen LogP contribution in [0.25, 0.3) is 11.1 Å². The molecule has 6 N–H and O–H groups in total. The topological polar surface area (TPSA) is 177 Å². The lowest BCUT2D eigenvalue weighted by atomic mass is 9.99. The molecule has 5 rings (SSSR count). The van der Waals surface area contributed by atoms with Crippen molar-refractivity contribution in [1.29, 1.82) is 0 Å². The van der Waals surface area contributed by atoms with Gasteiger partial charge in [0.1, 0.15) is 18.1 Å². The lowest BCUT2D eigenvalue weighted by Crippen LogP contribution is -2.57. The minimum Gasteiger partial charge on any atom is -0.368 e. The summed E-state index contributed by atoms with van der Waals surface area (Å²) in [5.74, 6) is -5.45. The Morgan fingerprint density at radius 1 is 0.541 bits per heavy atom. The summed E-state index contributed by atoms with van der Waals surface area (Å²) in [5.41, 5.74) is 9.08. The molecule has 5 aromatic rings. The van der Waals surface area contributed by atoms with Gasteiger partial charge in [-0.3, -0.25) is 28.8 Å². The zero-order valence-electron chi connectivity index (χ0n) is 33.3. The van der Waals surface area contributed by atoms with Gasteiger partial charge in [-0.1, -0.05) is 127 Å². The predicted molar refractivity (Wildman–Crippen MR) is 223 cm³/mol. The van der Waals surface area contributed by atoms with Gasteiger partial charge in [0, 0.05) is 12.8 Å². The Bertz CT molecular complexity index is 2270. The number of Topliss-reactive ketones (excluding diaryl/α,β-unsaturated/α-hetero) is 1. The van der Waals surface area contributed by atoms with E-state index in [1.54, 1.807) is 42.5 Å². The van der Waals surface area contributed by atoms with Crippen molar-refractivity contribution in [2.24, 2.45) is 5.73 Å². The number of rotatable bonds is 19. The lowest BCUT2D eigenvalue weighted by molar-refractivity contribution is -0.141. The smallest absolute Gasteiger partial charge is 0.368 e. The fraction of sp³-hybridized carbons (Fsp3) is 0.234. The summed E-state index contributed by atoms with van der Waals surface area (Å²) in [6.07, 6.45) is -4.49. The summed E-state index contributed by atoms with van der Waals surface area (Å²) < 4.78 is 39.9. The molecule has 0 saturated carbocycles. The van der Waals surface area contributed by atoms with E-state index in [1.807, 2.05) is 72.8 Å². The molecule has 0 heterocycles. The van der Waals surface area contributed by atoms with E-state index in [0.717, 1.165) is 46.5 Å². The quantitative estimate of drug-likeness (QED) is 0.0728. The first-order valence-corrected chi connectivity index (χ1v) is 19.6. The van der Waals surface area contributed by atoms with Crippen LogP contribution < -0.4 is 27.0 Å². The molecule has 0 aliphatic heterocycles. The van der Waals surface area contributed by atoms with E-state index >= 15 is 0 Å². The zero-order chi connectivity index (χ0) is 43.9. The summed E-state index contributed by atoms with van der Waals surface area (Å²) in [6.45, 7) is 1.26. The molecule has 14 heteroatoms. The maximum Gasteiger partial charge on any atom is 0.416 e. The van der Waals surface area contributed by atoms with Crippen molar-refractivity contribution in [3.05, 3.63) is 167 Å². The number of nitrogens with two attached hydrogens (primary N) is 1. The first-order chi connectivity index (χ1) is 29.2. The molecule has 0 saturated heterocycles. The van der Waals surface area contributed by atoms with Gasteiger partial charge in [0.05, 0.1) is 18.0 Å². The monoisotopic (exact) mass is 833 g/mol. The third-order valence-electron chi connectivity index (χ3n) is 9.90. The van der Waals surface area contributed by atoms with Crippen molar-refractivity contribution in [2.45, 2.75) is 69.4 Å². The molecule has 0 bridgehead atoms. The zero-order valence-corrected chi connectivity index (χ0v) is 33.3. The molecular formula is C47H46F3N5O6. The lowest BCUT2D eigenvalue weighted by Gasteiger charge is -2.24. The Hall–Kier alpha value is -7.09. The van der Waals surface area contributed by atoms with Gasteiger partial charge in [-0.05, 0) is 65.3 Å². The van der Waals surface area contributed by atoms with E-state index in [2.05, 4.69) is 21.3 Å². The number of benzene rings is 5. The molecule has 5 aromatic carbocycles. The van der Waals surface area contributed by atoms with E-state index in [1.165, 1.54) is 6.92 Å². The van der Waals surface area contributed by atoms with Gasteiger partial charge in [0.25, 0.3) is 5.91 Å². The molecule has 0 aliphatic carbocycles. The van der Waals surface area contributed by atoms with Crippen LogP contribution in [0.15, 0.2) is 140 Å². The standard InChI is InChI=1S/C47H46F3N5O6/c1-30(52-44(59)38(26-21-31-11-5-2-6-12-31)53-41(56)29-32-13-7-3-8-14-32)42(57)46(61)55-40(28-34-19-24-37(25-20-34)47(48,49)50)45(60)54-39(43(51)58)27-33-17-22-36(23-18-33)35-15-9-4-10-16-35/h2-20,22-25,30,38-40H,21,26-29H2,1H3,(H2,51,58)(H,52,59)(H,53,56)(H,54,60)(H,55,61)/t30?,38-,39-,40-/m0/s1. The fourth-order valence-electron chi connectivity index (χ4n) is 6.53. The second-order valence-electron chi connectivity index (χ2n) is 14.6. The molecule has 61 heavy (non-hydrogen) atoms. The Kier molecular flexibility index (Phi) is 15.7. The number of primary amides is 1. The number of amides is 5. The van der Waals surface area contributed by atoms with Gasteiger partial charge < -0.3 is 27.0 Å². The number of alkyl halides is 3. The normalized spacial score (nSPS) is 13.1. The predicted octanol–water partition coefficient (Wildman–Crippen LogP) is 5.05. The average Bonchev–Trinajstić information content (AvgIpc) is 3.25. The van der Waals surface area contributed by atoms with Gasteiger partial charge in [0.15, 0.2) is 0 Å². The second kappa shape index (κ2) is 21.3. The van der Waals surface area contributed by atoms with Gasteiger partial charge in [-0.15, -0.1) is 0 Å². The highest BCUT2D eigenvalue weighted by molar-refractivity contribution is 6.38. The number of halogens is 3. The van der Waals surface area contributed by atoms with Crippen molar-refractivity contribution in [2.75, 3.05) is 0 Å². The molecule has 0 fully saturated rings. The van der Waals surface area contributed by atoms with Crippen LogP contribution in [0.5, 0.6) is 0 Å². The minimum absolute atomic E-state index is 0.00756. The van der Waals surface area contributed by atoms with E-state index < -0.39 is 71.2 Å². The number of hydrogen-bond acceptors (Lipinski definition) is 6. The van der Waals surface area contributed by atoms with Gasteiger partial charge in [0.2, 0.25) is 29.4 Å². The molecule has 5 amide bonds. The van der Waals surface area contributed by atoms with Crippen LogP contribution in [0.4, 0.5) is 13.2 Å². The van der Waals surface area contributed by atoms with Crippen LogP contribution in [0.2, 0.25) is 0 Å². The highest BCUT2D eigenvalue weighted by Crippen LogP contribution is 2.29.